The zero-order chi connectivity index (χ0) is 30.8. The Morgan fingerprint density at radius 3 is 1.79 bits per heavy atom. The molecule has 0 unspecified atom stereocenters. The van der Waals surface area contributed by atoms with Crippen LogP contribution in [0.15, 0.2) is 51.9 Å². The van der Waals surface area contributed by atoms with E-state index in [1.807, 2.05) is 0 Å². The number of allylic oxidation sites excluding steroid dienone is 2. The van der Waals surface area contributed by atoms with Gasteiger partial charge in [0.15, 0.2) is 17.0 Å². The van der Waals surface area contributed by atoms with Gasteiger partial charge in [-0.3, -0.25) is 14.4 Å². The molecule has 0 aromatic rings. The van der Waals surface area contributed by atoms with Crippen molar-refractivity contribution in [3.8, 4) is 0 Å². The Kier molecular flexibility index (Phi) is 10.4. The molecule has 0 aromatic heterocycles. The molecule has 2 aliphatic heterocycles. The molecule has 2 heterocycles. The normalized spacial score (nSPS) is 28.5. The van der Waals surface area contributed by atoms with Crippen LogP contribution in [-0.2, 0) is 33.5 Å². The van der Waals surface area contributed by atoms with E-state index in [1.165, 1.54) is 14.2 Å². The van der Waals surface area contributed by atoms with Crippen LogP contribution in [0.5, 0.6) is 0 Å². The van der Waals surface area contributed by atoms with Gasteiger partial charge in [0.2, 0.25) is 0 Å². The minimum absolute atomic E-state index is 0.0194. The van der Waals surface area contributed by atoms with Gasteiger partial charge >= 0.3 is 0 Å². The van der Waals surface area contributed by atoms with Gasteiger partial charge in [-0.15, -0.1) is 0 Å². The Balaban J connectivity index is 1.18. The molecule has 0 saturated carbocycles. The number of ketones is 1. The lowest BCUT2D eigenvalue weighted by atomic mass is 9.87. The van der Waals surface area contributed by atoms with Crippen LogP contribution in [0.1, 0.15) is 25.7 Å². The first-order valence-electron chi connectivity index (χ1n) is 12.5. The predicted octanol–water partition coefficient (Wildman–Crippen LogP) is 2.41. The lowest BCUT2D eigenvalue weighted by Crippen LogP contribution is -2.45. The molecular formula is C25H26Br4N4O9. The zero-order valence-corrected chi connectivity index (χ0v) is 28.6. The lowest BCUT2D eigenvalue weighted by molar-refractivity contribution is -0.122. The van der Waals surface area contributed by atoms with E-state index in [1.54, 1.807) is 12.2 Å². The van der Waals surface area contributed by atoms with Gasteiger partial charge in [-0.05, 0) is 82.3 Å². The molecule has 2 aliphatic carbocycles. The Bertz CT molecular complexity index is 1380. The third-order valence-electron chi connectivity index (χ3n) is 6.85. The van der Waals surface area contributed by atoms with Crippen LogP contribution < -0.4 is 10.6 Å². The molecule has 4 aliphatic rings. The Hall–Kier alpha value is -2.05. The third kappa shape index (κ3) is 6.40. The van der Waals surface area contributed by atoms with Crippen molar-refractivity contribution in [1.82, 2.24) is 10.6 Å². The highest BCUT2D eigenvalue weighted by atomic mass is 79.9. The van der Waals surface area contributed by atoms with Crippen molar-refractivity contribution < 1.29 is 43.7 Å². The van der Waals surface area contributed by atoms with Crippen LogP contribution in [0.3, 0.4) is 0 Å². The largest absolute Gasteiger partial charge is 0.495 e. The van der Waals surface area contributed by atoms with Crippen molar-refractivity contribution in [2.24, 2.45) is 10.3 Å². The number of amides is 2. The summed E-state index contributed by atoms with van der Waals surface area (Å²) in [6.07, 6.45) is 1.27. The number of hydrogen-bond donors (Lipinski definition) is 4. The third-order valence-corrected chi connectivity index (χ3v) is 9.62. The van der Waals surface area contributed by atoms with Crippen molar-refractivity contribution in [3.05, 3.63) is 41.6 Å². The molecule has 13 nitrogen and oxygen atoms in total. The number of nitrogens with zero attached hydrogens (tertiary/aromatic N) is 2. The van der Waals surface area contributed by atoms with E-state index in [2.05, 4.69) is 84.7 Å². The van der Waals surface area contributed by atoms with E-state index in [0.717, 1.165) is 0 Å². The number of hydrogen-bond acceptors (Lipinski definition) is 11. The minimum atomic E-state index is -1.30. The number of Topliss-reactive ketones (excluding diaryl/α,β-unsaturated/α-hetero) is 1. The first-order valence-corrected chi connectivity index (χ1v) is 15.6. The summed E-state index contributed by atoms with van der Waals surface area (Å²) in [5.74, 6) is -0.538. The second-order valence-electron chi connectivity index (χ2n) is 9.65. The lowest BCUT2D eigenvalue weighted by Gasteiger charge is -2.33. The Morgan fingerprint density at radius 2 is 1.33 bits per heavy atom. The number of carbonyl (C=O) groups is 3. The Labute approximate surface area is 274 Å². The number of rotatable bonds is 10. The fourth-order valence-corrected chi connectivity index (χ4v) is 8.18. The summed E-state index contributed by atoms with van der Waals surface area (Å²) in [5.41, 5.74) is -2.45. The van der Waals surface area contributed by atoms with Crippen molar-refractivity contribution in [2.75, 3.05) is 27.3 Å². The van der Waals surface area contributed by atoms with Crippen LogP contribution in [0.2, 0.25) is 0 Å². The minimum Gasteiger partial charge on any atom is -0.495 e. The molecule has 4 atom stereocenters. The van der Waals surface area contributed by atoms with Crippen molar-refractivity contribution >= 4 is 92.7 Å². The van der Waals surface area contributed by atoms with Gasteiger partial charge in [-0.25, -0.2) is 0 Å². The fraction of sp³-hybridized carbons (Fsp3) is 0.480. The standard InChI is InChI=1S/C25H26Br4N4O9/c1-39-18-12(26)6-24(20(35)16(18)28)8-14(32-41-24)22(37)30-5-3-4-11(34)10-31-23(38)15-9-25(42-33-15)7-13(27)19(40-2)17(29)21(25)36/h6-7,20-21,35-36H,3-5,8-10H2,1-2H3,(H,30,37)(H,31,38)/t20-,21+,24+,25-/m1/s1. The molecule has 4 rings (SSSR count). The average molecular weight is 846 g/mol. The highest BCUT2D eigenvalue weighted by molar-refractivity contribution is 9.12. The Morgan fingerprint density at radius 1 is 0.881 bits per heavy atom. The van der Waals surface area contributed by atoms with Crippen molar-refractivity contribution in [1.29, 1.82) is 0 Å². The van der Waals surface area contributed by atoms with E-state index < -0.39 is 35.2 Å². The molecule has 4 N–H and O–H groups in total. The number of carbonyl (C=O) groups excluding carboxylic acids is 3. The van der Waals surface area contributed by atoms with E-state index in [-0.39, 0.29) is 49.6 Å². The second-order valence-corrected chi connectivity index (χ2v) is 13.1. The SMILES string of the molecule is COC1=C(Br)[C@@H](O)[C@]2(C=C1Br)CC(C(=O)NCCCC(=O)CNC(=O)C1=NO[C@]3(C=C(Br)C(OC)=C(Br)[C@@H]3O)C1)=NO2. The summed E-state index contributed by atoms with van der Waals surface area (Å²) in [7, 11) is 2.92. The number of methoxy groups -OCH3 is 2. The summed E-state index contributed by atoms with van der Waals surface area (Å²) in [6.45, 7) is -0.0651. The molecule has 2 amide bonds. The van der Waals surface area contributed by atoms with E-state index >= 15 is 0 Å². The highest BCUT2D eigenvalue weighted by Gasteiger charge is 2.51. The number of aliphatic hydroxyl groups excluding tert-OH is 2. The molecule has 0 bridgehead atoms. The van der Waals surface area contributed by atoms with Gasteiger partial charge in [0.25, 0.3) is 11.8 Å². The van der Waals surface area contributed by atoms with E-state index in [4.69, 9.17) is 19.1 Å². The molecule has 0 fully saturated rings. The number of oxime groups is 2. The van der Waals surface area contributed by atoms with Crippen molar-refractivity contribution in [3.63, 3.8) is 0 Å². The van der Waals surface area contributed by atoms with Gasteiger partial charge in [0, 0.05) is 25.8 Å². The molecule has 0 radical (unpaired) electrons. The highest BCUT2D eigenvalue weighted by Crippen LogP contribution is 2.45. The average Bonchev–Trinajstić information content (AvgIpc) is 3.58. The van der Waals surface area contributed by atoms with Gasteiger partial charge in [0.05, 0.1) is 38.7 Å². The number of halogens is 4. The van der Waals surface area contributed by atoms with Gasteiger partial charge < -0.3 is 40.0 Å². The van der Waals surface area contributed by atoms with Gasteiger partial charge in [-0.1, -0.05) is 10.3 Å². The number of nitrogens with one attached hydrogen (secondary N) is 2. The summed E-state index contributed by atoms with van der Waals surface area (Å²) >= 11 is 13.3. The van der Waals surface area contributed by atoms with Gasteiger partial charge in [-0.2, -0.15) is 0 Å². The number of ether oxygens (including phenoxy) is 2. The van der Waals surface area contributed by atoms with Crippen LogP contribution in [0.25, 0.3) is 0 Å². The summed E-state index contributed by atoms with van der Waals surface area (Å²) in [4.78, 5) is 48.5. The number of aliphatic hydroxyl groups is 2. The fourth-order valence-electron chi connectivity index (χ4n) is 4.60. The topological polar surface area (TPSA) is 177 Å². The summed E-state index contributed by atoms with van der Waals surface area (Å²) < 4.78 is 12.3. The molecule has 0 aromatic carbocycles. The smallest absolute Gasteiger partial charge is 0.269 e. The summed E-state index contributed by atoms with van der Waals surface area (Å²) in [5, 5.41) is 34.3. The molecular weight excluding hydrogens is 820 g/mol. The molecule has 228 valence electrons. The molecule has 42 heavy (non-hydrogen) atoms. The second kappa shape index (κ2) is 13.3. The van der Waals surface area contributed by atoms with Crippen molar-refractivity contribution in [2.45, 2.75) is 49.1 Å². The van der Waals surface area contributed by atoms with Crippen LogP contribution in [-0.4, -0.2) is 90.0 Å². The van der Waals surface area contributed by atoms with Crippen LogP contribution in [0.4, 0.5) is 0 Å². The van der Waals surface area contributed by atoms with Gasteiger partial charge in [0.1, 0.15) is 35.1 Å². The summed E-state index contributed by atoms with van der Waals surface area (Å²) in [6, 6.07) is 0. The zero-order valence-electron chi connectivity index (χ0n) is 22.2. The maximum absolute atomic E-state index is 12.6. The maximum atomic E-state index is 12.6. The predicted molar refractivity (Wildman–Crippen MR) is 164 cm³/mol. The van der Waals surface area contributed by atoms with E-state index in [0.29, 0.717) is 35.9 Å². The molecule has 17 heteroatoms. The van der Waals surface area contributed by atoms with Crippen LogP contribution in [0, 0.1) is 0 Å². The monoisotopic (exact) mass is 842 g/mol. The quantitative estimate of drug-likeness (QED) is 0.241. The molecule has 0 saturated heterocycles. The first-order chi connectivity index (χ1) is 19.9. The first kappa shape index (κ1) is 32.9. The van der Waals surface area contributed by atoms with Crippen LogP contribution >= 0.6 is 63.7 Å². The maximum Gasteiger partial charge on any atom is 0.269 e. The van der Waals surface area contributed by atoms with E-state index in [9.17, 15) is 24.6 Å². The molecule has 2 spiro atoms.